The van der Waals surface area contributed by atoms with Crippen molar-refractivity contribution < 1.29 is 17.7 Å². The zero-order chi connectivity index (χ0) is 13.2. The number of hydrogen-bond acceptors (Lipinski definition) is 3. The monoisotopic (exact) mass is 256 g/mol. The van der Waals surface area contributed by atoms with Gasteiger partial charge in [0.2, 0.25) is 0 Å². The molecule has 1 N–H and O–H groups in total. The summed E-state index contributed by atoms with van der Waals surface area (Å²) < 4.78 is 42.7. The highest BCUT2D eigenvalue weighted by molar-refractivity contribution is 5.49. The minimum absolute atomic E-state index is 0.207. The Kier molecular flexibility index (Phi) is 3.27. The second kappa shape index (κ2) is 4.72. The van der Waals surface area contributed by atoms with Crippen molar-refractivity contribution >= 4 is 5.69 Å². The molecular weight excluding hydrogens is 245 g/mol. The molecule has 0 aliphatic heterocycles. The molecule has 18 heavy (non-hydrogen) atoms. The largest absolute Gasteiger partial charge is 0.416 e. The molecule has 1 aromatic carbocycles. The van der Waals surface area contributed by atoms with Crippen LogP contribution in [0.25, 0.3) is 0 Å². The normalized spacial score (nSPS) is 11.6. The van der Waals surface area contributed by atoms with Crippen molar-refractivity contribution in [1.29, 1.82) is 0 Å². The standard InChI is InChI=1S/C12H11F3N2O/c1-8-2-3-10(4-11(8)12(13,14)15)16-5-9-6-17-18-7-9/h2-4,6-7,16H,5H2,1H3. The highest BCUT2D eigenvalue weighted by atomic mass is 19.4. The van der Waals surface area contributed by atoms with E-state index in [0.717, 1.165) is 11.6 Å². The van der Waals surface area contributed by atoms with E-state index < -0.39 is 11.7 Å². The molecule has 0 unspecified atom stereocenters. The molecule has 0 fully saturated rings. The topological polar surface area (TPSA) is 38.1 Å². The second-order valence-corrected chi connectivity index (χ2v) is 3.91. The summed E-state index contributed by atoms with van der Waals surface area (Å²) in [6.07, 6.45) is -1.39. The van der Waals surface area contributed by atoms with Gasteiger partial charge in [0.25, 0.3) is 0 Å². The first-order chi connectivity index (χ1) is 8.47. The summed E-state index contributed by atoms with van der Waals surface area (Å²) in [5.41, 5.74) is 0.758. The molecule has 0 bridgehead atoms. The van der Waals surface area contributed by atoms with Gasteiger partial charge in [0, 0.05) is 17.8 Å². The lowest BCUT2D eigenvalue weighted by atomic mass is 10.1. The Hall–Kier alpha value is -1.98. The lowest BCUT2D eigenvalue weighted by molar-refractivity contribution is -0.138. The van der Waals surface area contributed by atoms with Crippen molar-refractivity contribution in [2.45, 2.75) is 19.6 Å². The van der Waals surface area contributed by atoms with E-state index >= 15 is 0 Å². The van der Waals surface area contributed by atoms with E-state index in [1.54, 1.807) is 6.07 Å². The van der Waals surface area contributed by atoms with Crippen LogP contribution in [0.15, 0.2) is 35.2 Å². The van der Waals surface area contributed by atoms with Gasteiger partial charge in [0.05, 0.1) is 11.8 Å². The maximum Gasteiger partial charge on any atom is 0.416 e. The summed E-state index contributed by atoms with van der Waals surface area (Å²) in [4.78, 5) is 0. The van der Waals surface area contributed by atoms with E-state index in [4.69, 9.17) is 0 Å². The Morgan fingerprint density at radius 2 is 2.11 bits per heavy atom. The van der Waals surface area contributed by atoms with Crippen LogP contribution in [-0.4, -0.2) is 5.16 Å². The smallest absolute Gasteiger partial charge is 0.381 e. The van der Waals surface area contributed by atoms with Crippen LogP contribution in [0.4, 0.5) is 18.9 Å². The summed E-state index contributed by atoms with van der Waals surface area (Å²) in [5, 5.41) is 6.40. The van der Waals surface area contributed by atoms with Crippen LogP contribution in [-0.2, 0) is 12.7 Å². The molecule has 2 aromatic rings. The molecule has 2 rings (SSSR count). The molecule has 6 heteroatoms. The average Bonchev–Trinajstić information content (AvgIpc) is 2.79. The summed E-state index contributed by atoms with van der Waals surface area (Å²) >= 11 is 0. The predicted molar refractivity (Wildman–Crippen MR) is 60.0 cm³/mol. The fourth-order valence-electron chi connectivity index (χ4n) is 1.56. The second-order valence-electron chi connectivity index (χ2n) is 3.91. The lowest BCUT2D eigenvalue weighted by Gasteiger charge is -2.12. The Labute approximate surface area is 102 Å². The summed E-state index contributed by atoms with van der Waals surface area (Å²) in [6, 6.07) is 4.15. The molecule has 3 nitrogen and oxygen atoms in total. The molecule has 1 aromatic heterocycles. The number of alkyl halides is 3. The maximum absolute atomic E-state index is 12.7. The Bertz CT molecular complexity index is 521. The van der Waals surface area contributed by atoms with Gasteiger partial charge in [-0.1, -0.05) is 11.2 Å². The quantitative estimate of drug-likeness (QED) is 0.911. The van der Waals surface area contributed by atoms with Gasteiger partial charge in [-0.2, -0.15) is 13.2 Å². The molecule has 0 saturated heterocycles. The van der Waals surface area contributed by atoms with Crippen molar-refractivity contribution in [2.24, 2.45) is 0 Å². The molecule has 0 amide bonds. The SMILES string of the molecule is Cc1ccc(NCc2cnoc2)cc1C(F)(F)F. The molecule has 0 spiro atoms. The fourth-order valence-corrected chi connectivity index (χ4v) is 1.56. The van der Waals surface area contributed by atoms with Crippen LogP contribution < -0.4 is 5.32 Å². The van der Waals surface area contributed by atoms with Crippen LogP contribution in [0.5, 0.6) is 0 Å². The fraction of sp³-hybridized carbons (Fsp3) is 0.250. The van der Waals surface area contributed by atoms with E-state index in [1.807, 2.05) is 0 Å². The summed E-state index contributed by atoms with van der Waals surface area (Å²) in [7, 11) is 0. The van der Waals surface area contributed by atoms with Crippen LogP contribution in [0.2, 0.25) is 0 Å². The zero-order valence-electron chi connectivity index (χ0n) is 9.58. The lowest BCUT2D eigenvalue weighted by Crippen LogP contribution is -2.08. The van der Waals surface area contributed by atoms with Gasteiger partial charge in [-0.3, -0.25) is 0 Å². The van der Waals surface area contributed by atoms with E-state index in [-0.39, 0.29) is 5.56 Å². The number of anilines is 1. The average molecular weight is 256 g/mol. The summed E-state index contributed by atoms with van der Waals surface area (Å²) in [5.74, 6) is 0. The number of aryl methyl sites for hydroxylation is 1. The zero-order valence-corrected chi connectivity index (χ0v) is 9.58. The Morgan fingerprint density at radius 3 is 2.72 bits per heavy atom. The van der Waals surface area contributed by atoms with Gasteiger partial charge in [0.15, 0.2) is 0 Å². The minimum atomic E-state index is -4.33. The van der Waals surface area contributed by atoms with Gasteiger partial charge >= 0.3 is 6.18 Å². The highest BCUT2D eigenvalue weighted by Gasteiger charge is 2.32. The van der Waals surface area contributed by atoms with Crippen molar-refractivity contribution in [1.82, 2.24) is 5.16 Å². The van der Waals surface area contributed by atoms with Crippen molar-refractivity contribution in [3.05, 3.63) is 47.3 Å². The van der Waals surface area contributed by atoms with E-state index in [9.17, 15) is 13.2 Å². The number of nitrogens with one attached hydrogen (secondary N) is 1. The maximum atomic E-state index is 12.7. The number of rotatable bonds is 3. The Balaban J connectivity index is 2.15. The van der Waals surface area contributed by atoms with Gasteiger partial charge in [0.1, 0.15) is 6.26 Å². The first-order valence-electron chi connectivity index (χ1n) is 5.27. The van der Waals surface area contributed by atoms with Crippen LogP contribution in [0.3, 0.4) is 0 Å². The summed E-state index contributed by atoms with van der Waals surface area (Å²) in [6.45, 7) is 1.80. The number of aromatic nitrogens is 1. The number of nitrogens with zero attached hydrogens (tertiary/aromatic N) is 1. The van der Waals surface area contributed by atoms with Crippen molar-refractivity contribution in [2.75, 3.05) is 5.32 Å². The molecule has 1 heterocycles. The third kappa shape index (κ3) is 2.82. The van der Waals surface area contributed by atoms with Gasteiger partial charge in [-0.05, 0) is 24.6 Å². The van der Waals surface area contributed by atoms with Crippen LogP contribution >= 0.6 is 0 Å². The van der Waals surface area contributed by atoms with Gasteiger partial charge in [-0.25, -0.2) is 0 Å². The molecule has 0 saturated carbocycles. The molecule has 0 aliphatic carbocycles. The molecule has 0 radical (unpaired) electrons. The molecule has 96 valence electrons. The van der Waals surface area contributed by atoms with Gasteiger partial charge in [-0.15, -0.1) is 0 Å². The highest BCUT2D eigenvalue weighted by Crippen LogP contribution is 2.33. The third-order valence-electron chi connectivity index (χ3n) is 2.52. The van der Waals surface area contributed by atoms with E-state index in [0.29, 0.717) is 12.2 Å². The first-order valence-corrected chi connectivity index (χ1v) is 5.27. The number of benzene rings is 1. The van der Waals surface area contributed by atoms with Crippen LogP contribution in [0.1, 0.15) is 16.7 Å². The minimum Gasteiger partial charge on any atom is -0.381 e. The Morgan fingerprint density at radius 1 is 1.33 bits per heavy atom. The van der Waals surface area contributed by atoms with Gasteiger partial charge < -0.3 is 9.84 Å². The molecule has 0 aliphatic rings. The third-order valence-corrected chi connectivity index (χ3v) is 2.52. The predicted octanol–water partition coefficient (Wildman–Crippen LogP) is 3.61. The molecular formula is C12H11F3N2O. The number of halogens is 3. The van der Waals surface area contributed by atoms with E-state index in [2.05, 4.69) is 15.0 Å². The van der Waals surface area contributed by atoms with Crippen LogP contribution in [0, 0.1) is 6.92 Å². The van der Waals surface area contributed by atoms with Crippen molar-refractivity contribution in [3.8, 4) is 0 Å². The molecule has 0 atom stereocenters. The number of hydrogen-bond donors (Lipinski definition) is 1. The van der Waals surface area contributed by atoms with E-state index in [1.165, 1.54) is 25.5 Å². The first kappa shape index (κ1) is 12.5. The van der Waals surface area contributed by atoms with Crippen molar-refractivity contribution in [3.63, 3.8) is 0 Å².